The highest BCUT2D eigenvalue weighted by molar-refractivity contribution is 7.99. The van der Waals surface area contributed by atoms with E-state index in [0.717, 1.165) is 28.6 Å². The van der Waals surface area contributed by atoms with E-state index in [4.69, 9.17) is 5.11 Å². The summed E-state index contributed by atoms with van der Waals surface area (Å²) in [7, 11) is 0. The van der Waals surface area contributed by atoms with Crippen LogP contribution in [0.3, 0.4) is 0 Å². The van der Waals surface area contributed by atoms with Gasteiger partial charge in [0, 0.05) is 28.6 Å². The second kappa shape index (κ2) is 5.06. The van der Waals surface area contributed by atoms with Gasteiger partial charge in [0.2, 0.25) is 5.78 Å². The molecule has 1 N–H and O–H groups in total. The molecule has 0 saturated heterocycles. The molecule has 0 amide bonds. The van der Waals surface area contributed by atoms with Crippen LogP contribution in [-0.2, 0) is 5.75 Å². The van der Waals surface area contributed by atoms with Gasteiger partial charge in [-0.25, -0.2) is 9.97 Å². The van der Waals surface area contributed by atoms with Crippen LogP contribution in [0.2, 0.25) is 0 Å². The van der Waals surface area contributed by atoms with Crippen LogP contribution in [0.5, 0.6) is 0 Å². The number of aliphatic hydroxyl groups is 1. The van der Waals surface area contributed by atoms with Gasteiger partial charge in [0.1, 0.15) is 0 Å². The normalized spacial score (nSPS) is 13.2. The van der Waals surface area contributed by atoms with Crippen molar-refractivity contribution in [1.29, 1.82) is 0 Å². The summed E-state index contributed by atoms with van der Waals surface area (Å²) in [5, 5.41) is 9.22. The molecule has 2 heterocycles. The number of aliphatic hydroxyl groups excluding tert-OH is 1. The molecule has 0 aliphatic carbocycles. The van der Waals surface area contributed by atoms with Crippen LogP contribution in [0.25, 0.3) is 5.78 Å². The summed E-state index contributed by atoms with van der Waals surface area (Å²) in [5.41, 5.74) is 3.14. The van der Waals surface area contributed by atoms with E-state index in [0.29, 0.717) is 0 Å². The summed E-state index contributed by atoms with van der Waals surface area (Å²) < 4.78 is 2.01. The highest BCUT2D eigenvalue weighted by atomic mass is 32.2. The molecule has 0 saturated carbocycles. The molecule has 1 unspecified atom stereocenters. The molecule has 0 aromatic carbocycles. The number of imidazole rings is 1. The maximum Gasteiger partial charge on any atom is 0.234 e. The first-order valence-corrected chi connectivity index (χ1v) is 6.69. The molecule has 0 bridgehead atoms. The fourth-order valence-corrected chi connectivity index (χ4v) is 2.37. The SMILES string of the molecule is Cc1cc(C)n2cc(CSC(C)CO)nc2n1. The molecule has 1 atom stereocenters. The molecule has 17 heavy (non-hydrogen) atoms. The fourth-order valence-electron chi connectivity index (χ4n) is 1.67. The Kier molecular flexibility index (Phi) is 3.69. The monoisotopic (exact) mass is 251 g/mol. The first kappa shape index (κ1) is 12.4. The Hall–Kier alpha value is -1.07. The van der Waals surface area contributed by atoms with Crippen LogP contribution in [0, 0.1) is 13.8 Å². The third-order valence-corrected chi connectivity index (χ3v) is 3.76. The molecule has 0 fully saturated rings. The predicted octanol–water partition coefficient (Wildman–Crippen LogP) is 1.96. The Morgan fingerprint density at radius 3 is 2.88 bits per heavy atom. The van der Waals surface area contributed by atoms with E-state index in [1.54, 1.807) is 11.8 Å². The second-order valence-electron chi connectivity index (χ2n) is 4.25. The molecule has 2 aromatic heterocycles. The lowest BCUT2D eigenvalue weighted by molar-refractivity contribution is 0.300. The fraction of sp³-hybridized carbons (Fsp3) is 0.500. The van der Waals surface area contributed by atoms with E-state index >= 15 is 0 Å². The molecule has 4 nitrogen and oxygen atoms in total. The molecule has 92 valence electrons. The third-order valence-electron chi connectivity index (χ3n) is 2.58. The summed E-state index contributed by atoms with van der Waals surface area (Å²) in [6, 6.07) is 2.04. The maximum atomic E-state index is 8.97. The topological polar surface area (TPSA) is 50.4 Å². The summed E-state index contributed by atoms with van der Waals surface area (Å²) in [5.74, 6) is 1.57. The van der Waals surface area contributed by atoms with Crippen LogP contribution in [0.1, 0.15) is 24.0 Å². The average Bonchev–Trinajstić information content (AvgIpc) is 2.69. The quantitative estimate of drug-likeness (QED) is 0.902. The van der Waals surface area contributed by atoms with Crippen molar-refractivity contribution < 1.29 is 5.11 Å². The maximum absolute atomic E-state index is 8.97. The molecular weight excluding hydrogens is 234 g/mol. The summed E-state index contributed by atoms with van der Waals surface area (Å²) >= 11 is 1.70. The minimum atomic E-state index is 0.203. The van der Waals surface area contributed by atoms with Gasteiger partial charge in [0.05, 0.1) is 12.3 Å². The second-order valence-corrected chi connectivity index (χ2v) is 5.67. The Bertz CT molecular complexity index is 524. The Balaban J connectivity index is 2.23. The Morgan fingerprint density at radius 1 is 1.41 bits per heavy atom. The molecule has 0 aliphatic rings. The zero-order valence-electron chi connectivity index (χ0n) is 10.3. The lowest BCUT2D eigenvalue weighted by atomic mass is 10.3. The van der Waals surface area contributed by atoms with Crippen molar-refractivity contribution in [3.63, 3.8) is 0 Å². The molecular formula is C12H17N3OS. The third kappa shape index (κ3) is 2.79. The average molecular weight is 251 g/mol. The van der Waals surface area contributed by atoms with Gasteiger partial charge in [0.15, 0.2) is 0 Å². The standard InChI is InChI=1S/C12H17N3OS/c1-8-4-9(2)15-5-11(14-12(15)13-8)7-17-10(3)6-16/h4-5,10,16H,6-7H2,1-3H3. The van der Waals surface area contributed by atoms with Crippen molar-refractivity contribution in [2.24, 2.45) is 0 Å². The van der Waals surface area contributed by atoms with Gasteiger partial charge in [-0.15, -0.1) is 11.8 Å². The first-order chi connectivity index (χ1) is 8.10. The van der Waals surface area contributed by atoms with E-state index in [-0.39, 0.29) is 11.9 Å². The van der Waals surface area contributed by atoms with Gasteiger partial charge >= 0.3 is 0 Å². The minimum Gasteiger partial charge on any atom is -0.395 e. The molecule has 2 aromatic rings. The number of rotatable bonds is 4. The number of hydrogen-bond donors (Lipinski definition) is 1. The number of nitrogens with zero attached hydrogens (tertiary/aromatic N) is 3. The van der Waals surface area contributed by atoms with Crippen molar-refractivity contribution in [1.82, 2.24) is 14.4 Å². The summed E-state index contributed by atoms with van der Waals surface area (Å²) in [6.45, 7) is 6.24. The van der Waals surface area contributed by atoms with Crippen LogP contribution in [0.15, 0.2) is 12.3 Å². The van der Waals surface area contributed by atoms with E-state index in [1.807, 2.05) is 30.5 Å². The van der Waals surface area contributed by atoms with Crippen molar-refractivity contribution in [2.75, 3.05) is 6.61 Å². The van der Waals surface area contributed by atoms with Gasteiger partial charge in [-0.3, -0.25) is 4.40 Å². The van der Waals surface area contributed by atoms with Gasteiger partial charge in [-0.2, -0.15) is 0 Å². The summed E-state index contributed by atoms with van der Waals surface area (Å²) in [6.07, 6.45) is 2.02. The number of fused-ring (bicyclic) bond motifs is 1. The predicted molar refractivity (Wildman–Crippen MR) is 70.3 cm³/mol. The number of thioether (sulfide) groups is 1. The molecule has 0 radical (unpaired) electrons. The van der Waals surface area contributed by atoms with E-state index in [2.05, 4.69) is 16.9 Å². The van der Waals surface area contributed by atoms with Crippen LogP contribution in [-0.4, -0.2) is 31.3 Å². The van der Waals surface area contributed by atoms with Crippen molar-refractivity contribution in [2.45, 2.75) is 31.8 Å². The first-order valence-electron chi connectivity index (χ1n) is 5.65. The lowest BCUT2D eigenvalue weighted by Crippen LogP contribution is -2.02. The number of hydrogen-bond acceptors (Lipinski definition) is 4. The van der Waals surface area contributed by atoms with Gasteiger partial charge in [-0.1, -0.05) is 6.92 Å². The molecule has 0 spiro atoms. The van der Waals surface area contributed by atoms with Crippen molar-refractivity contribution >= 4 is 17.5 Å². The van der Waals surface area contributed by atoms with Crippen LogP contribution < -0.4 is 0 Å². The van der Waals surface area contributed by atoms with E-state index in [1.165, 1.54) is 0 Å². The lowest BCUT2D eigenvalue weighted by Gasteiger charge is -2.04. The van der Waals surface area contributed by atoms with Crippen LogP contribution >= 0.6 is 11.8 Å². The zero-order valence-corrected chi connectivity index (χ0v) is 11.2. The molecule has 2 rings (SSSR count). The van der Waals surface area contributed by atoms with Crippen molar-refractivity contribution in [3.05, 3.63) is 29.3 Å². The molecule has 5 heteroatoms. The molecule has 0 aliphatic heterocycles. The zero-order chi connectivity index (χ0) is 12.4. The largest absolute Gasteiger partial charge is 0.395 e. The van der Waals surface area contributed by atoms with Crippen LogP contribution in [0.4, 0.5) is 0 Å². The van der Waals surface area contributed by atoms with E-state index < -0.39 is 0 Å². The van der Waals surface area contributed by atoms with Gasteiger partial charge in [-0.05, 0) is 19.9 Å². The Labute approximate surface area is 105 Å². The minimum absolute atomic E-state index is 0.203. The smallest absolute Gasteiger partial charge is 0.234 e. The van der Waals surface area contributed by atoms with Gasteiger partial charge in [0.25, 0.3) is 0 Å². The number of aryl methyl sites for hydroxylation is 2. The van der Waals surface area contributed by atoms with E-state index in [9.17, 15) is 0 Å². The highest BCUT2D eigenvalue weighted by Gasteiger charge is 2.07. The number of aromatic nitrogens is 3. The summed E-state index contributed by atoms with van der Waals surface area (Å²) in [4.78, 5) is 8.89. The van der Waals surface area contributed by atoms with Crippen molar-refractivity contribution in [3.8, 4) is 0 Å². The highest BCUT2D eigenvalue weighted by Crippen LogP contribution is 2.17. The Morgan fingerprint density at radius 2 is 2.18 bits per heavy atom. The van der Waals surface area contributed by atoms with Gasteiger partial charge < -0.3 is 5.11 Å².